The van der Waals surface area contributed by atoms with Gasteiger partial charge in [-0.05, 0) is 34.9 Å². The first-order chi connectivity index (χ1) is 14.0. The maximum atomic E-state index is 12.7. The highest BCUT2D eigenvalue weighted by Crippen LogP contribution is 2.40. The number of β-lactam (4-membered cyclic amide) rings is 1. The minimum Gasteiger partial charge on any atom is -0.459 e. The highest BCUT2D eigenvalue weighted by molar-refractivity contribution is 8.02. The molecule has 1 aromatic carbocycles. The van der Waals surface area contributed by atoms with E-state index in [0.717, 1.165) is 16.0 Å². The monoisotopic (exact) mass is 428 g/mol. The quantitative estimate of drug-likeness (QED) is 0.566. The average molecular weight is 429 g/mol. The SMILES string of the molecule is CC1=CS[C@@H]2C(NC(=O)Cc3cccs3)C(=O)N2C1C(=O)OCc1ccccc1. The zero-order valence-corrected chi connectivity index (χ0v) is 17.4. The molecule has 6 nitrogen and oxygen atoms in total. The van der Waals surface area contributed by atoms with Gasteiger partial charge >= 0.3 is 5.97 Å². The van der Waals surface area contributed by atoms with Crippen molar-refractivity contribution in [3.05, 3.63) is 69.3 Å². The first-order valence-electron chi connectivity index (χ1n) is 9.21. The Balaban J connectivity index is 1.39. The van der Waals surface area contributed by atoms with Crippen LogP contribution >= 0.6 is 23.1 Å². The van der Waals surface area contributed by atoms with Crippen molar-refractivity contribution in [1.82, 2.24) is 10.2 Å². The number of nitrogens with one attached hydrogen (secondary N) is 1. The Hall–Kier alpha value is -2.58. The molecule has 1 fully saturated rings. The standard InChI is InChI=1S/C21H20N2O4S2/c1-13-12-29-20-17(22-16(24)10-15-8-5-9-28-15)19(25)23(20)18(13)21(26)27-11-14-6-3-2-4-7-14/h2-9,12,17-18,20H,10-11H2,1H3,(H,22,24)/t17?,18?,20-/m1/s1. The van der Waals surface area contributed by atoms with Crippen LogP contribution in [0.1, 0.15) is 17.4 Å². The molecule has 0 aliphatic carbocycles. The number of esters is 1. The van der Waals surface area contributed by atoms with Crippen LogP contribution in [0.25, 0.3) is 0 Å². The second kappa shape index (κ2) is 8.42. The summed E-state index contributed by atoms with van der Waals surface area (Å²) < 4.78 is 5.46. The van der Waals surface area contributed by atoms with Crippen LogP contribution in [0.15, 0.2) is 58.8 Å². The molecule has 1 N–H and O–H groups in total. The molecule has 29 heavy (non-hydrogen) atoms. The number of hydrogen-bond acceptors (Lipinski definition) is 6. The fourth-order valence-electron chi connectivity index (χ4n) is 3.40. The van der Waals surface area contributed by atoms with Crippen LogP contribution in [-0.2, 0) is 32.1 Å². The minimum absolute atomic E-state index is 0.157. The Kier molecular flexibility index (Phi) is 5.73. The second-order valence-corrected chi connectivity index (χ2v) is 8.95. The van der Waals surface area contributed by atoms with Gasteiger partial charge in [-0.3, -0.25) is 9.59 Å². The van der Waals surface area contributed by atoms with Gasteiger partial charge in [0.15, 0.2) is 6.04 Å². The van der Waals surface area contributed by atoms with E-state index in [4.69, 9.17) is 4.74 Å². The van der Waals surface area contributed by atoms with Crippen LogP contribution < -0.4 is 5.32 Å². The normalized spacial score (nSPS) is 22.9. The number of fused-ring (bicyclic) bond motifs is 1. The number of thioether (sulfide) groups is 1. The molecule has 3 atom stereocenters. The number of benzene rings is 1. The Morgan fingerprint density at radius 2 is 1.97 bits per heavy atom. The lowest BCUT2D eigenvalue weighted by molar-refractivity contribution is -0.163. The molecule has 1 saturated heterocycles. The van der Waals surface area contributed by atoms with Gasteiger partial charge in [0.1, 0.15) is 18.0 Å². The summed E-state index contributed by atoms with van der Waals surface area (Å²) in [6.07, 6.45) is 0.246. The third-order valence-electron chi connectivity index (χ3n) is 4.86. The molecular weight excluding hydrogens is 408 g/mol. The van der Waals surface area contributed by atoms with E-state index in [-0.39, 0.29) is 30.2 Å². The summed E-state index contributed by atoms with van der Waals surface area (Å²) in [5.74, 6) is -0.902. The average Bonchev–Trinajstić information content (AvgIpc) is 3.23. The minimum atomic E-state index is -0.747. The molecule has 150 valence electrons. The molecule has 2 aliphatic rings. The Morgan fingerprint density at radius 3 is 2.69 bits per heavy atom. The first-order valence-corrected chi connectivity index (χ1v) is 11.0. The van der Waals surface area contributed by atoms with E-state index < -0.39 is 18.1 Å². The molecule has 4 rings (SSSR count). The highest BCUT2D eigenvalue weighted by atomic mass is 32.2. The molecule has 0 spiro atoms. The molecule has 2 unspecified atom stereocenters. The van der Waals surface area contributed by atoms with Crippen LogP contribution in [0.3, 0.4) is 0 Å². The summed E-state index contributed by atoms with van der Waals surface area (Å²) in [6.45, 7) is 1.97. The summed E-state index contributed by atoms with van der Waals surface area (Å²) in [5, 5.41) is 6.30. The van der Waals surface area contributed by atoms with Gasteiger partial charge in [-0.2, -0.15) is 0 Å². The molecule has 3 heterocycles. The fourth-order valence-corrected chi connectivity index (χ4v) is 5.29. The van der Waals surface area contributed by atoms with Gasteiger partial charge in [0.25, 0.3) is 0 Å². The molecular formula is C21H20N2O4S2. The smallest absolute Gasteiger partial charge is 0.333 e. The Labute approximate surface area is 176 Å². The zero-order chi connectivity index (χ0) is 20.4. The topological polar surface area (TPSA) is 75.7 Å². The van der Waals surface area contributed by atoms with Gasteiger partial charge < -0.3 is 15.0 Å². The number of ether oxygens (including phenoxy) is 1. The summed E-state index contributed by atoms with van der Waals surface area (Å²) >= 11 is 2.95. The van der Waals surface area contributed by atoms with Crippen molar-refractivity contribution in [2.24, 2.45) is 0 Å². The van der Waals surface area contributed by atoms with Gasteiger partial charge in [-0.15, -0.1) is 23.1 Å². The van der Waals surface area contributed by atoms with Crippen molar-refractivity contribution in [1.29, 1.82) is 0 Å². The summed E-state index contributed by atoms with van der Waals surface area (Å²) in [4.78, 5) is 40.2. The predicted octanol–water partition coefficient (Wildman–Crippen LogP) is 2.71. The van der Waals surface area contributed by atoms with Gasteiger partial charge in [0, 0.05) is 4.88 Å². The largest absolute Gasteiger partial charge is 0.459 e. The van der Waals surface area contributed by atoms with E-state index in [1.165, 1.54) is 28.0 Å². The van der Waals surface area contributed by atoms with Gasteiger partial charge in [0.2, 0.25) is 11.8 Å². The van der Waals surface area contributed by atoms with Crippen LogP contribution in [-0.4, -0.2) is 40.1 Å². The van der Waals surface area contributed by atoms with E-state index in [1.54, 1.807) is 0 Å². The number of hydrogen-bond donors (Lipinski definition) is 1. The fraction of sp³-hybridized carbons (Fsp3) is 0.286. The number of carbonyl (C=O) groups is 3. The van der Waals surface area contributed by atoms with Crippen molar-refractivity contribution in [2.45, 2.75) is 37.4 Å². The van der Waals surface area contributed by atoms with E-state index in [0.29, 0.717) is 0 Å². The molecule has 2 aliphatic heterocycles. The lowest BCUT2D eigenvalue weighted by Crippen LogP contribution is -2.73. The molecule has 8 heteroatoms. The Bertz CT molecular complexity index is 943. The van der Waals surface area contributed by atoms with Crippen molar-refractivity contribution in [3.8, 4) is 0 Å². The van der Waals surface area contributed by atoms with Gasteiger partial charge in [-0.25, -0.2) is 4.79 Å². The second-order valence-electron chi connectivity index (χ2n) is 6.93. The lowest BCUT2D eigenvalue weighted by atomic mass is 9.98. The predicted molar refractivity (Wildman–Crippen MR) is 112 cm³/mol. The van der Waals surface area contributed by atoms with Crippen LogP contribution in [0.4, 0.5) is 0 Å². The van der Waals surface area contributed by atoms with E-state index in [2.05, 4.69) is 5.32 Å². The molecule has 0 radical (unpaired) electrons. The van der Waals surface area contributed by atoms with Crippen molar-refractivity contribution < 1.29 is 19.1 Å². The molecule has 2 aromatic rings. The van der Waals surface area contributed by atoms with Gasteiger partial charge in [-0.1, -0.05) is 36.4 Å². The Morgan fingerprint density at radius 1 is 1.17 bits per heavy atom. The van der Waals surface area contributed by atoms with Crippen LogP contribution in [0, 0.1) is 0 Å². The molecule has 0 bridgehead atoms. The number of thiophene rings is 1. The van der Waals surface area contributed by atoms with Crippen LogP contribution in [0.2, 0.25) is 0 Å². The third-order valence-corrected chi connectivity index (χ3v) is 7.02. The number of carbonyl (C=O) groups excluding carboxylic acids is 3. The van der Waals surface area contributed by atoms with Crippen molar-refractivity contribution in [3.63, 3.8) is 0 Å². The number of amides is 2. The zero-order valence-electron chi connectivity index (χ0n) is 15.7. The first kappa shape index (κ1) is 19.7. The van der Waals surface area contributed by atoms with E-state index in [1.807, 2.05) is 60.2 Å². The highest BCUT2D eigenvalue weighted by Gasteiger charge is 2.55. The van der Waals surface area contributed by atoms with Crippen LogP contribution in [0.5, 0.6) is 0 Å². The van der Waals surface area contributed by atoms with Crippen molar-refractivity contribution in [2.75, 3.05) is 0 Å². The lowest BCUT2D eigenvalue weighted by Gasteiger charge is -2.51. The maximum absolute atomic E-state index is 12.7. The van der Waals surface area contributed by atoms with E-state index >= 15 is 0 Å². The van der Waals surface area contributed by atoms with Crippen molar-refractivity contribution >= 4 is 40.9 Å². The summed E-state index contributed by atoms with van der Waals surface area (Å²) in [5.41, 5.74) is 1.65. The van der Waals surface area contributed by atoms with Gasteiger partial charge in [0.05, 0.1) is 6.42 Å². The summed E-state index contributed by atoms with van der Waals surface area (Å²) in [6, 6.07) is 11.8. The molecule has 2 amide bonds. The summed E-state index contributed by atoms with van der Waals surface area (Å²) in [7, 11) is 0. The number of rotatable bonds is 6. The number of nitrogens with zero attached hydrogens (tertiary/aromatic N) is 1. The molecule has 0 saturated carbocycles. The molecule has 1 aromatic heterocycles. The maximum Gasteiger partial charge on any atom is 0.333 e. The third kappa shape index (κ3) is 4.09. The van der Waals surface area contributed by atoms with E-state index in [9.17, 15) is 14.4 Å².